The lowest BCUT2D eigenvalue weighted by atomic mass is 10.1. The number of hydrogen-bond acceptors (Lipinski definition) is 3. The molecule has 1 aliphatic heterocycles. The van der Waals surface area contributed by atoms with Crippen LogP contribution in [0.25, 0.3) is 0 Å². The Bertz CT molecular complexity index is 748. The number of benzene rings is 2. The van der Waals surface area contributed by atoms with Gasteiger partial charge in [0.25, 0.3) is 0 Å². The van der Waals surface area contributed by atoms with Crippen LogP contribution in [0.3, 0.4) is 0 Å². The number of carbonyl (C=O) groups excluding carboxylic acids is 2. The first-order valence-corrected chi connectivity index (χ1v) is 8.88. The van der Waals surface area contributed by atoms with Crippen LogP contribution in [-0.4, -0.2) is 42.8 Å². The molecule has 0 N–H and O–H groups in total. The molecule has 1 fully saturated rings. The first-order valence-electron chi connectivity index (χ1n) is 8.50. The molecule has 1 heterocycles. The second-order valence-electron chi connectivity index (χ2n) is 6.17. The second kappa shape index (κ2) is 8.28. The van der Waals surface area contributed by atoms with E-state index in [-0.39, 0.29) is 11.7 Å². The summed E-state index contributed by atoms with van der Waals surface area (Å²) in [5.41, 5.74) is 1.52. The quantitative estimate of drug-likeness (QED) is 0.742. The Morgan fingerprint density at radius 2 is 1.72 bits per heavy atom. The van der Waals surface area contributed by atoms with Gasteiger partial charge in [-0.25, -0.2) is 0 Å². The Labute approximate surface area is 153 Å². The minimum absolute atomic E-state index is 0.0498. The highest BCUT2D eigenvalue weighted by molar-refractivity contribution is 6.33. The van der Waals surface area contributed by atoms with Crippen molar-refractivity contribution < 1.29 is 9.59 Å². The number of halogens is 1. The van der Waals surface area contributed by atoms with Crippen molar-refractivity contribution in [3.05, 3.63) is 65.2 Å². The number of amides is 1. The van der Waals surface area contributed by atoms with Gasteiger partial charge >= 0.3 is 0 Å². The molecule has 4 nitrogen and oxygen atoms in total. The van der Waals surface area contributed by atoms with E-state index in [1.54, 1.807) is 11.0 Å². The Kier molecular flexibility index (Phi) is 5.84. The van der Waals surface area contributed by atoms with Crippen molar-refractivity contribution in [2.75, 3.05) is 31.1 Å². The topological polar surface area (TPSA) is 40.6 Å². The van der Waals surface area contributed by atoms with E-state index in [0.29, 0.717) is 24.5 Å². The van der Waals surface area contributed by atoms with Gasteiger partial charge in [0.05, 0.1) is 17.3 Å². The summed E-state index contributed by atoms with van der Waals surface area (Å²) in [6.45, 7) is 2.52. The molecule has 1 aliphatic rings. The first kappa shape index (κ1) is 17.6. The SMILES string of the molecule is O=C(CCCN1CCN(c2ccccc2Cl)C(=O)C1)c1ccccc1. The average molecular weight is 357 g/mol. The molecule has 25 heavy (non-hydrogen) atoms. The van der Waals surface area contributed by atoms with Crippen molar-refractivity contribution in [3.8, 4) is 0 Å². The predicted molar refractivity (Wildman–Crippen MR) is 100 cm³/mol. The van der Waals surface area contributed by atoms with Gasteiger partial charge < -0.3 is 4.90 Å². The summed E-state index contributed by atoms with van der Waals surface area (Å²) in [5, 5.41) is 0.595. The van der Waals surface area contributed by atoms with Crippen LogP contribution < -0.4 is 4.90 Å². The van der Waals surface area contributed by atoms with Gasteiger partial charge in [-0.3, -0.25) is 14.5 Å². The van der Waals surface area contributed by atoms with Crippen molar-refractivity contribution in [3.63, 3.8) is 0 Å². The number of carbonyl (C=O) groups is 2. The standard InChI is InChI=1S/C20H21ClN2O2/c21-17-9-4-5-10-18(17)23-14-13-22(15-20(23)25)12-6-11-19(24)16-7-2-1-3-8-16/h1-5,7-10H,6,11-15H2. The van der Waals surface area contributed by atoms with E-state index < -0.39 is 0 Å². The smallest absolute Gasteiger partial charge is 0.241 e. The van der Waals surface area contributed by atoms with Gasteiger partial charge in [0.1, 0.15) is 0 Å². The van der Waals surface area contributed by atoms with Crippen molar-refractivity contribution in [1.82, 2.24) is 4.90 Å². The molecule has 1 saturated heterocycles. The van der Waals surface area contributed by atoms with Gasteiger partial charge in [0, 0.05) is 25.1 Å². The number of rotatable bonds is 6. The van der Waals surface area contributed by atoms with E-state index in [2.05, 4.69) is 4.90 Å². The van der Waals surface area contributed by atoms with E-state index in [4.69, 9.17) is 11.6 Å². The molecule has 1 amide bonds. The minimum atomic E-state index is 0.0498. The van der Waals surface area contributed by atoms with Gasteiger partial charge in [-0.15, -0.1) is 0 Å². The number of para-hydroxylation sites is 1. The lowest BCUT2D eigenvalue weighted by Gasteiger charge is -2.34. The zero-order valence-corrected chi connectivity index (χ0v) is 14.8. The Hall–Kier alpha value is -2.17. The largest absolute Gasteiger partial charge is 0.309 e. The van der Waals surface area contributed by atoms with Gasteiger partial charge in [0.15, 0.2) is 5.78 Å². The number of hydrogen-bond donors (Lipinski definition) is 0. The fraction of sp³-hybridized carbons (Fsp3) is 0.300. The molecule has 0 atom stereocenters. The summed E-state index contributed by atoms with van der Waals surface area (Å²) in [5.74, 6) is 0.204. The summed E-state index contributed by atoms with van der Waals surface area (Å²) < 4.78 is 0. The van der Waals surface area contributed by atoms with Gasteiger partial charge in [-0.1, -0.05) is 54.1 Å². The third-order valence-electron chi connectivity index (χ3n) is 4.42. The fourth-order valence-electron chi connectivity index (χ4n) is 3.07. The molecule has 0 bridgehead atoms. The number of Topliss-reactive ketones (excluding diaryl/α,β-unsaturated/α-hetero) is 1. The Balaban J connectivity index is 1.48. The Morgan fingerprint density at radius 1 is 1.00 bits per heavy atom. The molecule has 0 spiro atoms. The number of anilines is 1. The van der Waals surface area contributed by atoms with Crippen LogP contribution in [0, 0.1) is 0 Å². The Morgan fingerprint density at radius 3 is 2.44 bits per heavy atom. The monoisotopic (exact) mass is 356 g/mol. The molecule has 2 aromatic carbocycles. The van der Waals surface area contributed by atoms with Gasteiger partial charge in [0.2, 0.25) is 5.91 Å². The molecular formula is C20H21ClN2O2. The summed E-state index contributed by atoms with van der Waals surface area (Å²) in [4.78, 5) is 28.4. The fourth-order valence-corrected chi connectivity index (χ4v) is 3.31. The molecule has 0 saturated carbocycles. The van der Waals surface area contributed by atoms with Crippen LogP contribution in [0.5, 0.6) is 0 Å². The highest BCUT2D eigenvalue weighted by Crippen LogP contribution is 2.26. The molecular weight excluding hydrogens is 336 g/mol. The van der Waals surface area contributed by atoms with Crippen molar-refractivity contribution in [1.29, 1.82) is 0 Å². The van der Waals surface area contributed by atoms with E-state index in [9.17, 15) is 9.59 Å². The highest BCUT2D eigenvalue weighted by Gasteiger charge is 2.25. The van der Waals surface area contributed by atoms with Crippen LogP contribution in [0.2, 0.25) is 5.02 Å². The summed E-state index contributed by atoms with van der Waals surface area (Å²) in [7, 11) is 0. The summed E-state index contributed by atoms with van der Waals surface area (Å²) >= 11 is 6.19. The maximum Gasteiger partial charge on any atom is 0.241 e. The zero-order valence-electron chi connectivity index (χ0n) is 14.0. The number of ketones is 1. The zero-order chi connectivity index (χ0) is 17.6. The van der Waals surface area contributed by atoms with Crippen LogP contribution in [0.15, 0.2) is 54.6 Å². The normalized spacial score (nSPS) is 15.4. The van der Waals surface area contributed by atoms with Crippen molar-refractivity contribution in [2.24, 2.45) is 0 Å². The summed E-state index contributed by atoms with van der Waals surface area (Å²) in [6.07, 6.45) is 1.26. The third-order valence-corrected chi connectivity index (χ3v) is 4.74. The summed E-state index contributed by atoms with van der Waals surface area (Å²) in [6, 6.07) is 16.7. The predicted octanol–water partition coefficient (Wildman–Crippen LogP) is 3.65. The lowest BCUT2D eigenvalue weighted by molar-refractivity contribution is -0.121. The van der Waals surface area contributed by atoms with E-state index in [1.807, 2.05) is 48.5 Å². The molecule has 0 aromatic heterocycles. The minimum Gasteiger partial charge on any atom is -0.309 e. The van der Waals surface area contributed by atoms with E-state index >= 15 is 0 Å². The van der Waals surface area contributed by atoms with Crippen molar-refractivity contribution in [2.45, 2.75) is 12.8 Å². The molecule has 0 unspecified atom stereocenters. The molecule has 5 heteroatoms. The molecule has 3 rings (SSSR count). The maximum absolute atomic E-state index is 12.4. The average Bonchev–Trinajstić information content (AvgIpc) is 2.63. The lowest BCUT2D eigenvalue weighted by Crippen LogP contribution is -2.50. The molecule has 130 valence electrons. The highest BCUT2D eigenvalue weighted by atomic mass is 35.5. The molecule has 0 aliphatic carbocycles. The van der Waals surface area contributed by atoms with Gasteiger partial charge in [-0.2, -0.15) is 0 Å². The van der Waals surface area contributed by atoms with Crippen LogP contribution in [0.4, 0.5) is 5.69 Å². The van der Waals surface area contributed by atoms with E-state index in [0.717, 1.165) is 30.8 Å². The van der Waals surface area contributed by atoms with Crippen molar-refractivity contribution >= 4 is 29.0 Å². The van der Waals surface area contributed by atoms with Crippen LogP contribution in [0.1, 0.15) is 23.2 Å². The number of piperazine rings is 1. The maximum atomic E-state index is 12.4. The van der Waals surface area contributed by atoms with Crippen LogP contribution >= 0.6 is 11.6 Å². The third kappa shape index (κ3) is 4.47. The van der Waals surface area contributed by atoms with E-state index in [1.165, 1.54) is 0 Å². The number of nitrogens with zero attached hydrogens (tertiary/aromatic N) is 2. The first-order chi connectivity index (χ1) is 12.1. The molecule has 0 radical (unpaired) electrons. The second-order valence-corrected chi connectivity index (χ2v) is 6.57. The molecule has 2 aromatic rings. The van der Waals surface area contributed by atoms with Gasteiger partial charge in [-0.05, 0) is 25.1 Å². The van der Waals surface area contributed by atoms with Crippen LogP contribution in [-0.2, 0) is 4.79 Å².